The molecule has 0 saturated heterocycles. The minimum absolute atomic E-state index is 0.148. The van der Waals surface area contributed by atoms with E-state index in [2.05, 4.69) is 0 Å². The summed E-state index contributed by atoms with van der Waals surface area (Å²) >= 11 is 7.30. The number of benzene rings is 1. The smallest absolute Gasteiger partial charge is 0.141 e. The van der Waals surface area contributed by atoms with Crippen LogP contribution in [0.15, 0.2) is 30.3 Å². The van der Waals surface area contributed by atoms with Crippen molar-refractivity contribution >= 4 is 22.9 Å². The molecular formula is C11H9ClFNS. The Morgan fingerprint density at radius 2 is 2.07 bits per heavy atom. The Bertz CT molecular complexity index is 481. The number of hydrogen-bond acceptors (Lipinski definition) is 2. The molecule has 0 radical (unpaired) electrons. The zero-order valence-electron chi connectivity index (χ0n) is 7.84. The first-order valence-electron chi connectivity index (χ1n) is 4.45. The van der Waals surface area contributed by atoms with Gasteiger partial charge in [-0.1, -0.05) is 17.7 Å². The maximum atomic E-state index is 12.9. The Balaban J connectivity index is 2.40. The van der Waals surface area contributed by atoms with Gasteiger partial charge in [-0.05, 0) is 29.8 Å². The van der Waals surface area contributed by atoms with E-state index in [-0.39, 0.29) is 5.02 Å². The minimum Gasteiger partial charge on any atom is -0.326 e. The summed E-state index contributed by atoms with van der Waals surface area (Å²) in [5.41, 5.74) is 6.44. The van der Waals surface area contributed by atoms with Gasteiger partial charge in [0.05, 0.1) is 5.02 Å². The van der Waals surface area contributed by atoms with Crippen molar-refractivity contribution in [1.29, 1.82) is 0 Å². The van der Waals surface area contributed by atoms with E-state index < -0.39 is 5.82 Å². The number of hydrogen-bond donors (Lipinski definition) is 1. The fourth-order valence-electron chi connectivity index (χ4n) is 1.29. The van der Waals surface area contributed by atoms with Crippen molar-refractivity contribution in [2.45, 2.75) is 6.54 Å². The van der Waals surface area contributed by atoms with Crippen LogP contribution < -0.4 is 5.73 Å². The van der Waals surface area contributed by atoms with Gasteiger partial charge in [-0.15, -0.1) is 11.3 Å². The van der Waals surface area contributed by atoms with Gasteiger partial charge in [0.25, 0.3) is 0 Å². The Morgan fingerprint density at radius 1 is 1.27 bits per heavy atom. The van der Waals surface area contributed by atoms with Crippen LogP contribution in [0.3, 0.4) is 0 Å². The third-order valence-corrected chi connectivity index (χ3v) is 3.51. The molecule has 0 aliphatic heterocycles. The maximum Gasteiger partial charge on any atom is 0.141 e. The van der Waals surface area contributed by atoms with E-state index in [0.717, 1.165) is 15.3 Å². The fraction of sp³-hybridized carbons (Fsp3) is 0.0909. The van der Waals surface area contributed by atoms with E-state index >= 15 is 0 Å². The van der Waals surface area contributed by atoms with Crippen LogP contribution in [0.4, 0.5) is 4.39 Å². The fourth-order valence-corrected chi connectivity index (χ4v) is 2.36. The number of nitrogens with two attached hydrogens (primary N) is 1. The topological polar surface area (TPSA) is 26.0 Å². The van der Waals surface area contributed by atoms with E-state index in [0.29, 0.717) is 6.54 Å². The average Bonchev–Trinajstić information content (AvgIpc) is 2.70. The zero-order chi connectivity index (χ0) is 10.8. The lowest BCUT2D eigenvalue weighted by Crippen LogP contribution is -1.90. The molecular weight excluding hydrogens is 233 g/mol. The predicted octanol–water partition coefficient (Wildman–Crippen LogP) is 3.67. The van der Waals surface area contributed by atoms with Crippen LogP contribution in [0.25, 0.3) is 10.4 Å². The highest BCUT2D eigenvalue weighted by Crippen LogP contribution is 2.30. The van der Waals surface area contributed by atoms with Crippen molar-refractivity contribution < 1.29 is 4.39 Å². The molecule has 15 heavy (non-hydrogen) atoms. The molecule has 1 aromatic carbocycles. The Morgan fingerprint density at radius 3 is 2.67 bits per heavy atom. The first-order valence-corrected chi connectivity index (χ1v) is 5.64. The van der Waals surface area contributed by atoms with Crippen molar-refractivity contribution in [3.8, 4) is 10.4 Å². The van der Waals surface area contributed by atoms with Crippen molar-refractivity contribution in [2.75, 3.05) is 0 Å². The lowest BCUT2D eigenvalue weighted by atomic mass is 10.2. The Labute approximate surface area is 96.3 Å². The van der Waals surface area contributed by atoms with Crippen LogP contribution in [-0.4, -0.2) is 0 Å². The number of halogens is 2. The molecule has 0 aliphatic rings. The van der Waals surface area contributed by atoms with Crippen LogP contribution in [0.5, 0.6) is 0 Å². The summed E-state index contributed by atoms with van der Waals surface area (Å²) < 4.78 is 12.9. The van der Waals surface area contributed by atoms with Crippen LogP contribution in [0.1, 0.15) is 4.88 Å². The molecule has 1 aromatic heterocycles. The summed E-state index contributed by atoms with van der Waals surface area (Å²) in [6, 6.07) is 8.66. The van der Waals surface area contributed by atoms with Crippen molar-refractivity contribution in [1.82, 2.24) is 0 Å². The van der Waals surface area contributed by atoms with Gasteiger partial charge in [0, 0.05) is 16.3 Å². The molecule has 0 saturated carbocycles. The van der Waals surface area contributed by atoms with E-state index in [1.807, 2.05) is 12.1 Å². The van der Waals surface area contributed by atoms with Gasteiger partial charge in [0.1, 0.15) is 5.82 Å². The minimum atomic E-state index is -0.393. The normalized spacial score (nSPS) is 10.6. The highest BCUT2D eigenvalue weighted by atomic mass is 35.5. The average molecular weight is 242 g/mol. The molecule has 2 aromatic rings. The summed E-state index contributed by atoms with van der Waals surface area (Å²) in [6.07, 6.45) is 0. The van der Waals surface area contributed by atoms with Crippen LogP contribution in [0, 0.1) is 5.82 Å². The molecule has 0 bridgehead atoms. The molecule has 1 heterocycles. The predicted molar refractivity (Wildman–Crippen MR) is 62.6 cm³/mol. The van der Waals surface area contributed by atoms with Gasteiger partial charge in [-0.2, -0.15) is 0 Å². The molecule has 0 fully saturated rings. The molecule has 0 spiro atoms. The SMILES string of the molecule is NCc1ccc(-c2ccc(F)c(Cl)c2)s1. The second kappa shape index (κ2) is 4.31. The summed E-state index contributed by atoms with van der Waals surface area (Å²) in [7, 11) is 0. The van der Waals surface area contributed by atoms with Gasteiger partial charge < -0.3 is 5.73 Å². The highest BCUT2D eigenvalue weighted by Gasteiger charge is 2.05. The summed E-state index contributed by atoms with van der Waals surface area (Å²) in [5.74, 6) is -0.393. The zero-order valence-corrected chi connectivity index (χ0v) is 9.41. The van der Waals surface area contributed by atoms with E-state index in [4.69, 9.17) is 17.3 Å². The molecule has 0 unspecified atom stereocenters. The third-order valence-electron chi connectivity index (χ3n) is 2.07. The molecule has 2 N–H and O–H groups in total. The number of thiophene rings is 1. The Kier molecular flexibility index (Phi) is 3.05. The van der Waals surface area contributed by atoms with Crippen LogP contribution in [-0.2, 0) is 6.54 Å². The second-order valence-electron chi connectivity index (χ2n) is 3.10. The molecule has 1 nitrogen and oxygen atoms in total. The van der Waals surface area contributed by atoms with Gasteiger partial charge in [-0.25, -0.2) is 4.39 Å². The first kappa shape index (κ1) is 10.6. The summed E-state index contributed by atoms with van der Waals surface area (Å²) in [5, 5.41) is 0.148. The molecule has 4 heteroatoms. The van der Waals surface area contributed by atoms with Crippen molar-refractivity contribution in [3.05, 3.63) is 46.0 Å². The van der Waals surface area contributed by atoms with Crippen molar-refractivity contribution in [3.63, 3.8) is 0 Å². The van der Waals surface area contributed by atoms with Gasteiger partial charge >= 0.3 is 0 Å². The van der Waals surface area contributed by atoms with E-state index in [1.165, 1.54) is 6.07 Å². The summed E-state index contributed by atoms with van der Waals surface area (Å²) in [4.78, 5) is 2.16. The molecule has 78 valence electrons. The largest absolute Gasteiger partial charge is 0.326 e. The maximum absolute atomic E-state index is 12.9. The van der Waals surface area contributed by atoms with Crippen LogP contribution >= 0.6 is 22.9 Å². The lowest BCUT2D eigenvalue weighted by Gasteiger charge is -1.99. The van der Waals surface area contributed by atoms with Gasteiger partial charge in [-0.3, -0.25) is 0 Å². The molecule has 0 atom stereocenters. The number of rotatable bonds is 2. The van der Waals surface area contributed by atoms with E-state index in [9.17, 15) is 4.39 Å². The van der Waals surface area contributed by atoms with Gasteiger partial charge in [0.15, 0.2) is 0 Å². The third kappa shape index (κ3) is 2.20. The summed E-state index contributed by atoms with van der Waals surface area (Å²) in [6.45, 7) is 0.527. The quantitative estimate of drug-likeness (QED) is 0.853. The van der Waals surface area contributed by atoms with Crippen LogP contribution in [0.2, 0.25) is 5.02 Å². The van der Waals surface area contributed by atoms with E-state index in [1.54, 1.807) is 23.5 Å². The molecule has 0 amide bonds. The first-order chi connectivity index (χ1) is 7.20. The van der Waals surface area contributed by atoms with Gasteiger partial charge in [0.2, 0.25) is 0 Å². The lowest BCUT2D eigenvalue weighted by molar-refractivity contribution is 0.628. The standard InChI is InChI=1S/C11H9ClFNS/c12-9-5-7(1-3-10(9)13)11-4-2-8(6-14)15-11/h1-5H,6,14H2. The molecule has 0 aliphatic carbocycles. The Hall–Kier alpha value is -0.900. The monoisotopic (exact) mass is 241 g/mol. The second-order valence-corrected chi connectivity index (χ2v) is 4.67. The van der Waals surface area contributed by atoms with Crippen molar-refractivity contribution in [2.24, 2.45) is 5.73 Å². The highest BCUT2D eigenvalue weighted by molar-refractivity contribution is 7.15. The molecule has 2 rings (SSSR count).